The maximum absolute atomic E-state index is 11.7. The van der Waals surface area contributed by atoms with Crippen LogP contribution in [0.1, 0.15) is 5.82 Å². The number of fused-ring (bicyclic) bond motifs is 2. The second-order valence-corrected chi connectivity index (χ2v) is 3.77. The largest absolute Gasteiger partial charge is 0.313 e. The first-order valence-electron chi connectivity index (χ1n) is 5.03. The molecule has 0 atom stereocenters. The van der Waals surface area contributed by atoms with E-state index < -0.39 is 0 Å². The van der Waals surface area contributed by atoms with E-state index in [1.54, 1.807) is 19.1 Å². The molecule has 84 valence electrons. The van der Waals surface area contributed by atoms with Crippen LogP contribution in [0.4, 0.5) is 0 Å². The summed E-state index contributed by atoms with van der Waals surface area (Å²) in [5.41, 5.74) is 0.516. The Balaban J connectivity index is 2.62. The average molecular weight is 228 g/mol. The Labute approximate surface area is 94.4 Å². The van der Waals surface area contributed by atoms with Crippen LogP contribution in [-0.4, -0.2) is 19.9 Å². The van der Waals surface area contributed by atoms with E-state index in [1.165, 1.54) is 6.33 Å². The Morgan fingerprint density at radius 3 is 2.59 bits per heavy atom. The lowest BCUT2D eigenvalue weighted by Gasteiger charge is -2.00. The van der Waals surface area contributed by atoms with Gasteiger partial charge < -0.3 is 9.97 Å². The van der Waals surface area contributed by atoms with Crippen LogP contribution in [0.25, 0.3) is 21.8 Å². The minimum Gasteiger partial charge on any atom is -0.313 e. The molecule has 0 aliphatic heterocycles. The summed E-state index contributed by atoms with van der Waals surface area (Å²) in [6.45, 7) is 1.69. The maximum atomic E-state index is 11.7. The van der Waals surface area contributed by atoms with E-state index in [0.29, 0.717) is 27.6 Å². The third-order valence-corrected chi connectivity index (χ3v) is 2.59. The molecule has 0 radical (unpaired) electrons. The van der Waals surface area contributed by atoms with E-state index in [0.717, 1.165) is 0 Å². The molecule has 2 heterocycles. The quantitative estimate of drug-likeness (QED) is 0.547. The second-order valence-electron chi connectivity index (χ2n) is 3.77. The summed E-state index contributed by atoms with van der Waals surface area (Å²) >= 11 is 0. The molecule has 0 saturated heterocycles. The van der Waals surface area contributed by atoms with E-state index in [9.17, 15) is 9.59 Å². The summed E-state index contributed by atoms with van der Waals surface area (Å²) in [4.78, 5) is 36.6. The van der Waals surface area contributed by atoms with Crippen molar-refractivity contribution in [3.8, 4) is 0 Å². The van der Waals surface area contributed by atoms with Crippen LogP contribution in [0.2, 0.25) is 0 Å². The van der Waals surface area contributed by atoms with Gasteiger partial charge >= 0.3 is 0 Å². The molecule has 0 aliphatic rings. The molecular formula is C11H8N4O2. The van der Waals surface area contributed by atoms with Crippen molar-refractivity contribution >= 4 is 21.8 Å². The van der Waals surface area contributed by atoms with Gasteiger partial charge in [-0.3, -0.25) is 9.59 Å². The Hall–Kier alpha value is -2.50. The molecule has 3 aromatic rings. The average Bonchev–Trinajstić information content (AvgIpc) is 2.28. The zero-order valence-electron chi connectivity index (χ0n) is 8.94. The minimum absolute atomic E-state index is 0.225. The molecule has 6 heteroatoms. The Bertz CT molecular complexity index is 847. The highest BCUT2D eigenvalue weighted by Crippen LogP contribution is 2.13. The third-order valence-electron chi connectivity index (χ3n) is 2.59. The fourth-order valence-electron chi connectivity index (χ4n) is 1.82. The highest BCUT2D eigenvalue weighted by molar-refractivity contribution is 5.93. The van der Waals surface area contributed by atoms with Crippen LogP contribution < -0.4 is 11.1 Å². The van der Waals surface area contributed by atoms with Crippen molar-refractivity contribution in [1.82, 2.24) is 19.9 Å². The second kappa shape index (κ2) is 3.24. The van der Waals surface area contributed by atoms with Gasteiger partial charge in [-0.15, -0.1) is 0 Å². The molecule has 0 fully saturated rings. The van der Waals surface area contributed by atoms with Gasteiger partial charge in [0.05, 0.1) is 28.1 Å². The summed E-state index contributed by atoms with van der Waals surface area (Å²) in [7, 11) is 0. The Kier molecular flexibility index (Phi) is 1.85. The van der Waals surface area contributed by atoms with Gasteiger partial charge in [0.15, 0.2) is 0 Å². The lowest BCUT2D eigenvalue weighted by Crippen LogP contribution is -2.11. The fraction of sp³-hybridized carbons (Fsp3) is 0.0909. The Morgan fingerprint density at radius 1 is 1.06 bits per heavy atom. The number of nitrogens with one attached hydrogen (secondary N) is 2. The van der Waals surface area contributed by atoms with Crippen LogP contribution in [0, 0.1) is 6.92 Å². The van der Waals surface area contributed by atoms with Crippen LogP contribution in [0.5, 0.6) is 0 Å². The first kappa shape index (κ1) is 9.71. The number of benzene rings is 1. The van der Waals surface area contributed by atoms with Crippen LogP contribution in [0.15, 0.2) is 28.0 Å². The molecule has 2 aromatic heterocycles. The molecule has 2 N–H and O–H groups in total. The number of hydrogen-bond donors (Lipinski definition) is 2. The highest BCUT2D eigenvalue weighted by Gasteiger charge is 2.06. The number of nitrogens with zero attached hydrogens (tertiary/aromatic N) is 2. The van der Waals surface area contributed by atoms with Crippen molar-refractivity contribution < 1.29 is 0 Å². The van der Waals surface area contributed by atoms with E-state index in [1.807, 2.05) is 0 Å². The SMILES string of the molecule is Cc1nc2cc3c(=O)[nH]cnc3cc2c(=O)[nH]1. The number of hydrogen-bond acceptors (Lipinski definition) is 4. The van der Waals surface area contributed by atoms with Crippen LogP contribution >= 0.6 is 0 Å². The molecule has 1 aromatic carbocycles. The monoisotopic (exact) mass is 228 g/mol. The Morgan fingerprint density at radius 2 is 1.76 bits per heavy atom. The number of aryl methyl sites for hydroxylation is 1. The summed E-state index contributed by atoms with van der Waals surface area (Å²) in [5.74, 6) is 0.516. The van der Waals surface area contributed by atoms with Crippen molar-refractivity contribution in [2.45, 2.75) is 6.92 Å². The maximum Gasteiger partial charge on any atom is 0.258 e. The number of aromatic nitrogens is 4. The number of aromatic amines is 2. The summed E-state index contributed by atoms with van der Waals surface area (Å²) < 4.78 is 0. The molecular weight excluding hydrogens is 220 g/mol. The topological polar surface area (TPSA) is 91.5 Å². The van der Waals surface area contributed by atoms with Gasteiger partial charge in [0, 0.05) is 0 Å². The first-order chi connectivity index (χ1) is 8.15. The predicted octanol–water partition coefficient (Wildman–Crippen LogP) is 0.468. The van der Waals surface area contributed by atoms with Gasteiger partial charge in [0.1, 0.15) is 5.82 Å². The lowest BCUT2D eigenvalue weighted by molar-refractivity contribution is 1.06. The number of rotatable bonds is 0. The standard InChI is InChI=1S/C11H8N4O2/c1-5-14-9-3-6-8(12-4-13-10(6)16)2-7(9)11(17)15-5/h2-4H,1H3,(H,12,13,16)(H,14,15,17). The van der Waals surface area contributed by atoms with E-state index in [2.05, 4.69) is 19.9 Å². The van der Waals surface area contributed by atoms with Gasteiger partial charge in [-0.25, -0.2) is 9.97 Å². The highest BCUT2D eigenvalue weighted by atomic mass is 16.1. The molecule has 0 bridgehead atoms. The molecule has 3 rings (SSSR count). The van der Waals surface area contributed by atoms with Crippen LogP contribution in [0.3, 0.4) is 0 Å². The van der Waals surface area contributed by atoms with Crippen LogP contribution in [-0.2, 0) is 0 Å². The molecule has 0 aliphatic carbocycles. The van der Waals surface area contributed by atoms with Gasteiger partial charge in [0.25, 0.3) is 11.1 Å². The zero-order chi connectivity index (χ0) is 12.0. The lowest BCUT2D eigenvalue weighted by atomic mass is 10.2. The minimum atomic E-state index is -0.239. The van der Waals surface area contributed by atoms with E-state index in [4.69, 9.17) is 0 Å². The third kappa shape index (κ3) is 1.42. The first-order valence-corrected chi connectivity index (χ1v) is 5.03. The van der Waals surface area contributed by atoms with Crippen molar-refractivity contribution in [2.24, 2.45) is 0 Å². The van der Waals surface area contributed by atoms with Gasteiger partial charge in [-0.1, -0.05) is 0 Å². The molecule has 0 spiro atoms. The molecule has 0 amide bonds. The van der Waals surface area contributed by atoms with Gasteiger partial charge in [0.2, 0.25) is 0 Å². The van der Waals surface area contributed by atoms with Gasteiger partial charge in [-0.05, 0) is 19.1 Å². The molecule has 6 nitrogen and oxygen atoms in total. The number of H-pyrrole nitrogens is 2. The van der Waals surface area contributed by atoms with Crippen molar-refractivity contribution in [3.63, 3.8) is 0 Å². The van der Waals surface area contributed by atoms with Crippen molar-refractivity contribution in [2.75, 3.05) is 0 Å². The van der Waals surface area contributed by atoms with E-state index >= 15 is 0 Å². The normalized spacial score (nSPS) is 11.1. The molecule has 0 unspecified atom stereocenters. The summed E-state index contributed by atoms with van der Waals surface area (Å²) in [6.07, 6.45) is 1.31. The van der Waals surface area contributed by atoms with Crippen molar-refractivity contribution in [1.29, 1.82) is 0 Å². The zero-order valence-corrected chi connectivity index (χ0v) is 8.94. The molecule has 0 saturated carbocycles. The predicted molar refractivity (Wildman–Crippen MR) is 63.0 cm³/mol. The summed E-state index contributed by atoms with van der Waals surface area (Å²) in [6, 6.07) is 3.16. The fourth-order valence-corrected chi connectivity index (χ4v) is 1.82. The van der Waals surface area contributed by atoms with Gasteiger partial charge in [-0.2, -0.15) is 0 Å². The van der Waals surface area contributed by atoms with Crippen molar-refractivity contribution in [3.05, 3.63) is 45.0 Å². The van der Waals surface area contributed by atoms with E-state index in [-0.39, 0.29) is 11.1 Å². The molecule has 17 heavy (non-hydrogen) atoms. The smallest absolute Gasteiger partial charge is 0.258 e. The summed E-state index contributed by atoms with van der Waals surface area (Å²) in [5, 5.41) is 0.860.